The van der Waals surface area contributed by atoms with Crippen LogP contribution in [-0.4, -0.2) is 45.2 Å². The molecule has 0 amide bonds. The van der Waals surface area contributed by atoms with Crippen molar-refractivity contribution in [2.24, 2.45) is 5.73 Å². The van der Waals surface area contributed by atoms with Crippen molar-refractivity contribution in [3.05, 3.63) is 59.5 Å². The first-order valence-electron chi connectivity index (χ1n) is 9.66. The number of aryl methyl sites for hydroxylation is 2. The number of carboxylic acids is 2. The van der Waals surface area contributed by atoms with Crippen LogP contribution in [0.2, 0.25) is 0 Å². The average molecular weight is 419 g/mol. The second kappa shape index (κ2) is 12.6. The smallest absolute Gasteiger partial charge is 0.414 e. The molecule has 8 heteroatoms. The molecule has 5 N–H and O–H groups in total. The first-order valence-corrected chi connectivity index (χ1v) is 9.66. The van der Waals surface area contributed by atoms with Gasteiger partial charge >= 0.3 is 11.9 Å². The molecule has 1 atom stereocenters. The Morgan fingerprint density at radius 1 is 0.967 bits per heavy atom. The third-order valence-corrected chi connectivity index (χ3v) is 4.39. The summed E-state index contributed by atoms with van der Waals surface area (Å²) < 4.78 is 5.61. The first kappa shape index (κ1) is 25.1. The molecule has 0 aliphatic heterocycles. The van der Waals surface area contributed by atoms with Crippen LogP contribution >= 0.6 is 0 Å². The van der Waals surface area contributed by atoms with Crippen molar-refractivity contribution >= 4 is 17.7 Å². The van der Waals surface area contributed by atoms with E-state index in [-0.39, 0.29) is 12.4 Å². The maximum Gasteiger partial charge on any atom is 0.414 e. The van der Waals surface area contributed by atoms with Crippen LogP contribution in [0.4, 0.5) is 0 Å². The van der Waals surface area contributed by atoms with Gasteiger partial charge < -0.3 is 25.5 Å². The Hall–Kier alpha value is -2.97. The van der Waals surface area contributed by atoms with E-state index in [1.54, 1.807) is 13.0 Å². The number of unbranched alkanes of at least 4 members (excludes halogenated alkanes) is 1. The fraction of sp³-hybridized carbons (Fsp3) is 0.409. The highest BCUT2D eigenvalue weighted by Crippen LogP contribution is 2.17. The Kier molecular flexibility index (Phi) is 10.5. The molecule has 0 saturated carbocycles. The fourth-order valence-electron chi connectivity index (χ4n) is 2.53. The van der Waals surface area contributed by atoms with E-state index in [2.05, 4.69) is 12.1 Å². The van der Waals surface area contributed by atoms with Crippen LogP contribution in [0.5, 0.6) is 0 Å². The standard InChI is InChI=1S/C20H27NO3.C2H2O4/c1-20(21,15-22)14-13-17-11-12-19(24-17)18(23)10-6-5-9-16-7-3-2-4-8-16;3-1(4)2(5)6/h2-4,7-8,11-12,22H,5-6,9-10,13-15,21H2,1H3;(H,3,4)(H,5,6)/t20-;/m1./s1. The lowest BCUT2D eigenvalue weighted by atomic mass is 9.98. The molecule has 0 fully saturated rings. The number of carbonyl (C=O) groups is 3. The van der Waals surface area contributed by atoms with Crippen molar-refractivity contribution in [1.29, 1.82) is 0 Å². The summed E-state index contributed by atoms with van der Waals surface area (Å²) >= 11 is 0. The largest absolute Gasteiger partial charge is 0.473 e. The molecule has 0 aliphatic rings. The molecule has 0 radical (unpaired) electrons. The third-order valence-electron chi connectivity index (χ3n) is 4.39. The van der Waals surface area contributed by atoms with Gasteiger partial charge in [0.2, 0.25) is 0 Å². The molecular formula is C22H29NO7. The molecule has 0 aliphatic carbocycles. The summed E-state index contributed by atoms with van der Waals surface area (Å²) in [7, 11) is 0. The molecule has 2 rings (SSSR count). The van der Waals surface area contributed by atoms with Crippen LogP contribution in [0.3, 0.4) is 0 Å². The normalized spacial score (nSPS) is 12.4. The van der Waals surface area contributed by atoms with Crippen LogP contribution < -0.4 is 5.73 Å². The molecule has 1 aromatic heterocycles. The Morgan fingerprint density at radius 2 is 1.60 bits per heavy atom. The molecule has 0 bridgehead atoms. The number of furan rings is 1. The number of Topliss-reactive ketones (excluding diaryl/α,β-unsaturated/α-hetero) is 1. The van der Waals surface area contributed by atoms with Gasteiger partial charge in [-0.1, -0.05) is 30.3 Å². The third kappa shape index (κ3) is 9.99. The van der Waals surface area contributed by atoms with Gasteiger partial charge in [-0.15, -0.1) is 0 Å². The monoisotopic (exact) mass is 419 g/mol. The zero-order chi connectivity index (χ0) is 22.6. The predicted octanol–water partition coefficient (Wildman–Crippen LogP) is 2.67. The van der Waals surface area contributed by atoms with Crippen LogP contribution in [0.25, 0.3) is 0 Å². The number of nitrogens with two attached hydrogens (primary N) is 1. The molecule has 164 valence electrons. The second-order valence-electron chi connectivity index (χ2n) is 7.30. The van der Waals surface area contributed by atoms with Crippen LogP contribution in [0, 0.1) is 0 Å². The Balaban J connectivity index is 0.000000656. The highest BCUT2D eigenvalue weighted by Gasteiger charge is 2.18. The van der Waals surface area contributed by atoms with E-state index in [1.165, 1.54) is 5.56 Å². The summed E-state index contributed by atoms with van der Waals surface area (Å²) in [5.41, 5.74) is 6.59. The fourth-order valence-corrected chi connectivity index (χ4v) is 2.53. The van der Waals surface area contributed by atoms with Gasteiger partial charge in [-0.25, -0.2) is 9.59 Å². The second-order valence-corrected chi connectivity index (χ2v) is 7.30. The van der Waals surface area contributed by atoms with Crippen LogP contribution in [0.1, 0.15) is 54.5 Å². The number of carbonyl (C=O) groups excluding carboxylic acids is 1. The quantitative estimate of drug-likeness (QED) is 0.261. The minimum atomic E-state index is -1.82. The van der Waals surface area contributed by atoms with Gasteiger partial charge in [0.05, 0.1) is 6.61 Å². The molecular weight excluding hydrogens is 390 g/mol. The van der Waals surface area contributed by atoms with Gasteiger partial charge in [-0.3, -0.25) is 4.79 Å². The molecule has 0 unspecified atom stereocenters. The predicted molar refractivity (Wildman–Crippen MR) is 110 cm³/mol. The summed E-state index contributed by atoms with van der Waals surface area (Å²) in [5, 5.41) is 23.9. The van der Waals surface area contributed by atoms with Gasteiger partial charge in [0.1, 0.15) is 5.76 Å². The molecule has 30 heavy (non-hydrogen) atoms. The van der Waals surface area contributed by atoms with E-state index in [0.29, 0.717) is 25.0 Å². The van der Waals surface area contributed by atoms with Crippen LogP contribution in [0.15, 0.2) is 46.9 Å². The molecule has 8 nitrogen and oxygen atoms in total. The van der Waals surface area contributed by atoms with Crippen molar-refractivity contribution in [1.82, 2.24) is 0 Å². The van der Waals surface area contributed by atoms with Gasteiger partial charge in [0.15, 0.2) is 11.5 Å². The number of aliphatic hydroxyl groups excluding tert-OH is 1. The number of ketones is 1. The van der Waals surface area contributed by atoms with Crippen molar-refractivity contribution in [2.75, 3.05) is 6.61 Å². The Labute approximate surface area is 175 Å². The molecule has 1 aromatic carbocycles. The summed E-state index contributed by atoms with van der Waals surface area (Å²) in [6.45, 7) is 1.73. The van der Waals surface area contributed by atoms with E-state index in [4.69, 9.17) is 35.1 Å². The number of carboxylic acid groups (broad SMARTS) is 2. The maximum atomic E-state index is 12.2. The number of hydrogen-bond donors (Lipinski definition) is 4. The number of aliphatic hydroxyl groups is 1. The van der Waals surface area contributed by atoms with Gasteiger partial charge in [0, 0.05) is 18.4 Å². The number of aliphatic carboxylic acids is 2. The van der Waals surface area contributed by atoms with Crippen molar-refractivity contribution in [2.45, 2.75) is 51.0 Å². The van der Waals surface area contributed by atoms with Gasteiger partial charge in [-0.2, -0.15) is 0 Å². The summed E-state index contributed by atoms with van der Waals surface area (Å²) in [4.78, 5) is 30.4. The highest BCUT2D eigenvalue weighted by atomic mass is 16.4. The summed E-state index contributed by atoms with van der Waals surface area (Å²) in [6.07, 6.45) is 4.58. The molecule has 1 heterocycles. The van der Waals surface area contributed by atoms with Crippen LogP contribution in [-0.2, 0) is 22.4 Å². The minimum absolute atomic E-state index is 0.0481. The molecule has 0 saturated heterocycles. The zero-order valence-corrected chi connectivity index (χ0v) is 17.0. The molecule has 0 spiro atoms. The van der Waals surface area contributed by atoms with Crippen molar-refractivity contribution < 1.29 is 34.1 Å². The number of rotatable bonds is 10. The lowest BCUT2D eigenvalue weighted by Crippen LogP contribution is -2.40. The minimum Gasteiger partial charge on any atom is -0.473 e. The zero-order valence-electron chi connectivity index (χ0n) is 17.0. The van der Waals surface area contributed by atoms with E-state index >= 15 is 0 Å². The average Bonchev–Trinajstić information content (AvgIpc) is 3.20. The first-order chi connectivity index (χ1) is 14.1. The number of hydrogen-bond acceptors (Lipinski definition) is 6. The van der Waals surface area contributed by atoms with Gasteiger partial charge in [-0.05, 0) is 50.3 Å². The maximum absolute atomic E-state index is 12.2. The highest BCUT2D eigenvalue weighted by molar-refractivity contribution is 6.27. The lowest BCUT2D eigenvalue weighted by Gasteiger charge is -2.20. The van der Waals surface area contributed by atoms with Gasteiger partial charge in [0.25, 0.3) is 0 Å². The summed E-state index contributed by atoms with van der Waals surface area (Å²) in [5.74, 6) is -2.43. The summed E-state index contributed by atoms with van der Waals surface area (Å²) in [6, 6.07) is 13.9. The van der Waals surface area contributed by atoms with E-state index in [0.717, 1.165) is 25.0 Å². The topological polar surface area (TPSA) is 151 Å². The Bertz CT molecular complexity index is 800. The number of benzene rings is 1. The Morgan fingerprint density at radius 3 is 2.17 bits per heavy atom. The molecule has 2 aromatic rings. The van der Waals surface area contributed by atoms with E-state index in [1.807, 2.05) is 24.3 Å². The van der Waals surface area contributed by atoms with Crippen molar-refractivity contribution in [3.63, 3.8) is 0 Å². The van der Waals surface area contributed by atoms with E-state index in [9.17, 15) is 4.79 Å². The van der Waals surface area contributed by atoms with E-state index < -0.39 is 17.5 Å². The lowest BCUT2D eigenvalue weighted by molar-refractivity contribution is -0.159. The SMILES string of the molecule is C[C@](N)(CO)CCc1ccc(C(=O)CCCCc2ccccc2)o1.O=C(O)C(=O)O. The van der Waals surface area contributed by atoms with Crippen molar-refractivity contribution in [3.8, 4) is 0 Å².